The third-order valence-corrected chi connectivity index (χ3v) is 2.30. The van der Waals surface area contributed by atoms with Crippen LogP contribution in [0.4, 0.5) is 5.69 Å². The van der Waals surface area contributed by atoms with Crippen LogP contribution in [0.3, 0.4) is 0 Å². The lowest BCUT2D eigenvalue weighted by Crippen LogP contribution is -1.99. The summed E-state index contributed by atoms with van der Waals surface area (Å²) >= 11 is 5.85. The lowest BCUT2D eigenvalue weighted by molar-refractivity contribution is 0.101. The molecule has 0 amide bonds. The van der Waals surface area contributed by atoms with E-state index in [1.54, 1.807) is 12.1 Å². The molecule has 2 N–H and O–H groups in total. The summed E-state index contributed by atoms with van der Waals surface area (Å²) in [6.45, 7) is 3.49. The molecule has 1 aromatic carbocycles. The van der Waals surface area contributed by atoms with Crippen molar-refractivity contribution in [2.24, 2.45) is 0 Å². The second-order valence-electron chi connectivity index (χ2n) is 2.94. The Balaban J connectivity index is 3.30. The zero-order chi connectivity index (χ0) is 10.0. The van der Waals surface area contributed by atoms with Gasteiger partial charge in [-0.2, -0.15) is 0 Å². The van der Waals surface area contributed by atoms with Crippen molar-refractivity contribution in [2.45, 2.75) is 20.3 Å². The van der Waals surface area contributed by atoms with E-state index in [1.165, 1.54) is 6.92 Å². The van der Waals surface area contributed by atoms with Crippen LogP contribution in [0, 0.1) is 0 Å². The van der Waals surface area contributed by atoms with Crippen molar-refractivity contribution in [3.63, 3.8) is 0 Å². The Morgan fingerprint density at radius 2 is 2.15 bits per heavy atom. The van der Waals surface area contributed by atoms with E-state index in [2.05, 4.69) is 0 Å². The first-order valence-corrected chi connectivity index (χ1v) is 4.53. The van der Waals surface area contributed by atoms with E-state index in [4.69, 9.17) is 17.3 Å². The topological polar surface area (TPSA) is 43.1 Å². The van der Waals surface area contributed by atoms with E-state index < -0.39 is 0 Å². The molecule has 2 nitrogen and oxygen atoms in total. The van der Waals surface area contributed by atoms with Gasteiger partial charge in [0.1, 0.15) is 0 Å². The Kier molecular flexibility index (Phi) is 2.94. The lowest BCUT2D eigenvalue weighted by Gasteiger charge is -2.06. The highest BCUT2D eigenvalue weighted by Gasteiger charge is 2.08. The number of rotatable bonds is 2. The fraction of sp³-hybridized carbons (Fsp3) is 0.300. The number of nitrogen functional groups attached to an aromatic ring is 1. The minimum absolute atomic E-state index is 0.0281. The normalized spacial score (nSPS) is 10.1. The molecule has 0 fully saturated rings. The van der Waals surface area contributed by atoms with Gasteiger partial charge in [-0.25, -0.2) is 0 Å². The molecule has 0 heterocycles. The minimum Gasteiger partial charge on any atom is -0.398 e. The van der Waals surface area contributed by atoms with Crippen LogP contribution in [-0.4, -0.2) is 5.78 Å². The van der Waals surface area contributed by atoms with Gasteiger partial charge in [0.2, 0.25) is 0 Å². The summed E-state index contributed by atoms with van der Waals surface area (Å²) < 4.78 is 0. The summed E-state index contributed by atoms with van der Waals surface area (Å²) in [7, 11) is 0. The highest BCUT2D eigenvalue weighted by atomic mass is 35.5. The summed E-state index contributed by atoms with van der Waals surface area (Å²) in [6, 6.07) is 3.40. The van der Waals surface area contributed by atoms with Gasteiger partial charge in [0.15, 0.2) is 5.78 Å². The van der Waals surface area contributed by atoms with E-state index in [0.717, 1.165) is 12.0 Å². The van der Waals surface area contributed by atoms with Crippen molar-refractivity contribution in [3.05, 3.63) is 28.3 Å². The fourth-order valence-corrected chi connectivity index (χ4v) is 1.51. The van der Waals surface area contributed by atoms with Gasteiger partial charge in [0, 0.05) is 11.3 Å². The Hall–Kier alpha value is -1.02. The van der Waals surface area contributed by atoms with E-state index in [9.17, 15) is 4.79 Å². The van der Waals surface area contributed by atoms with E-state index >= 15 is 0 Å². The molecular formula is C10H12ClNO. The van der Waals surface area contributed by atoms with Gasteiger partial charge in [0.05, 0.1) is 5.02 Å². The van der Waals surface area contributed by atoms with Crippen molar-refractivity contribution in [1.29, 1.82) is 0 Å². The molecule has 0 aliphatic rings. The predicted molar refractivity (Wildman–Crippen MR) is 55.2 cm³/mol. The molecule has 0 aliphatic carbocycles. The fourth-order valence-electron chi connectivity index (χ4n) is 1.21. The van der Waals surface area contributed by atoms with Crippen LogP contribution in [0.1, 0.15) is 29.8 Å². The number of carbonyl (C=O) groups excluding carboxylic acids is 1. The Bertz CT molecular complexity index is 347. The van der Waals surface area contributed by atoms with Crippen LogP contribution >= 0.6 is 11.6 Å². The largest absolute Gasteiger partial charge is 0.398 e. The van der Waals surface area contributed by atoms with Crippen molar-refractivity contribution in [1.82, 2.24) is 0 Å². The molecule has 0 bridgehead atoms. The van der Waals surface area contributed by atoms with Gasteiger partial charge in [-0.15, -0.1) is 0 Å². The number of carbonyl (C=O) groups is 1. The third kappa shape index (κ3) is 2.01. The number of halogens is 1. The van der Waals surface area contributed by atoms with Gasteiger partial charge >= 0.3 is 0 Å². The first kappa shape index (κ1) is 10.1. The summed E-state index contributed by atoms with van der Waals surface area (Å²) in [4.78, 5) is 11.1. The van der Waals surface area contributed by atoms with Gasteiger partial charge in [0.25, 0.3) is 0 Å². The maximum atomic E-state index is 11.1. The van der Waals surface area contributed by atoms with E-state index in [0.29, 0.717) is 16.3 Å². The van der Waals surface area contributed by atoms with Gasteiger partial charge in [-0.05, 0) is 31.0 Å². The standard InChI is InChI=1S/C10H12ClNO/c1-3-7-4-8(6(2)13)9(11)5-10(7)12/h4-5H,3,12H2,1-2H3. The number of Topliss-reactive ketones (excluding diaryl/α,β-unsaturated/α-hetero) is 1. The molecule has 3 heteroatoms. The lowest BCUT2D eigenvalue weighted by atomic mass is 10.0. The Labute approximate surface area is 82.7 Å². The Morgan fingerprint density at radius 3 is 2.62 bits per heavy atom. The molecule has 1 aromatic rings. The van der Waals surface area contributed by atoms with Crippen LogP contribution in [0.25, 0.3) is 0 Å². The predicted octanol–water partition coefficient (Wildman–Crippen LogP) is 2.69. The van der Waals surface area contributed by atoms with Gasteiger partial charge in [-0.3, -0.25) is 4.79 Å². The molecule has 70 valence electrons. The first-order valence-electron chi connectivity index (χ1n) is 4.15. The maximum absolute atomic E-state index is 11.1. The van der Waals surface area contributed by atoms with E-state index in [-0.39, 0.29) is 5.78 Å². The highest BCUT2D eigenvalue weighted by molar-refractivity contribution is 6.34. The molecule has 0 saturated heterocycles. The first-order chi connectivity index (χ1) is 6.06. The summed E-state index contributed by atoms with van der Waals surface area (Å²) in [6.07, 6.45) is 0.809. The molecule has 0 saturated carbocycles. The van der Waals surface area contributed by atoms with Crippen molar-refractivity contribution in [2.75, 3.05) is 5.73 Å². The molecule has 1 rings (SSSR count). The molecular weight excluding hydrogens is 186 g/mol. The van der Waals surface area contributed by atoms with Crippen LogP contribution in [-0.2, 0) is 6.42 Å². The Morgan fingerprint density at radius 1 is 1.54 bits per heavy atom. The average Bonchev–Trinajstić information content (AvgIpc) is 2.03. The molecule has 0 unspecified atom stereocenters. The molecule has 0 aromatic heterocycles. The number of benzene rings is 1. The zero-order valence-electron chi connectivity index (χ0n) is 7.73. The molecule has 13 heavy (non-hydrogen) atoms. The SMILES string of the molecule is CCc1cc(C(C)=O)c(Cl)cc1N. The maximum Gasteiger partial charge on any atom is 0.161 e. The van der Waals surface area contributed by atoms with Crippen LogP contribution < -0.4 is 5.73 Å². The number of hydrogen-bond acceptors (Lipinski definition) is 2. The number of aryl methyl sites for hydroxylation is 1. The zero-order valence-corrected chi connectivity index (χ0v) is 8.48. The number of hydrogen-bond donors (Lipinski definition) is 1. The summed E-state index contributed by atoms with van der Waals surface area (Å²) in [5, 5.41) is 0.433. The van der Waals surface area contributed by atoms with Crippen LogP contribution in [0.15, 0.2) is 12.1 Å². The highest BCUT2D eigenvalue weighted by Crippen LogP contribution is 2.24. The minimum atomic E-state index is -0.0281. The molecule has 0 radical (unpaired) electrons. The van der Waals surface area contributed by atoms with Crippen molar-refractivity contribution in [3.8, 4) is 0 Å². The number of nitrogens with two attached hydrogens (primary N) is 1. The van der Waals surface area contributed by atoms with Crippen molar-refractivity contribution >= 4 is 23.1 Å². The van der Waals surface area contributed by atoms with Gasteiger partial charge in [-0.1, -0.05) is 18.5 Å². The molecule has 0 spiro atoms. The second kappa shape index (κ2) is 3.79. The monoisotopic (exact) mass is 197 g/mol. The van der Waals surface area contributed by atoms with E-state index in [1.807, 2.05) is 6.92 Å². The molecule has 0 atom stereocenters. The van der Waals surface area contributed by atoms with Crippen LogP contribution in [0.2, 0.25) is 5.02 Å². The summed E-state index contributed by atoms with van der Waals surface area (Å²) in [5.74, 6) is -0.0281. The second-order valence-corrected chi connectivity index (χ2v) is 3.35. The summed E-state index contributed by atoms with van der Waals surface area (Å²) in [5.41, 5.74) is 7.87. The van der Waals surface area contributed by atoms with Crippen LogP contribution in [0.5, 0.6) is 0 Å². The van der Waals surface area contributed by atoms with Crippen molar-refractivity contribution < 1.29 is 4.79 Å². The van der Waals surface area contributed by atoms with Gasteiger partial charge < -0.3 is 5.73 Å². The smallest absolute Gasteiger partial charge is 0.161 e. The average molecular weight is 198 g/mol. The number of ketones is 1. The third-order valence-electron chi connectivity index (χ3n) is 1.99. The quantitative estimate of drug-likeness (QED) is 0.585. The number of anilines is 1. The molecule has 0 aliphatic heterocycles.